The van der Waals surface area contributed by atoms with Crippen molar-refractivity contribution < 1.29 is 27.5 Å². The molecule has 0 aliphatic carbocycles. The average molecular weight is 468 g/mol. The maximum absolute atomic E-state index is 12.9. The van der Waals surface area contributed by atoms with Crippen LogP contribution in [-0.2, 0) is 15.7 Å². The zero-order valence-corrected chi connectivity index (χ0v) is 18.1. The van der Waals surface area contributed by atoms with E-state index in [0.29, 0.717) is 22.7 Å². The number of alkyl halides is 3. The van der Waals surface area contributed by atoms with E-state index >= 15 is 0 Å². The molecule has 0 aromatic heterocycles. The van der Waals surface area contributed by atoms with Crippen LogP contribution >= 0.6 is 11.6 Å². The fourth-order valence-electron chi connectivity index (χ4n) is 3.43. The van der Waals surface area contributed by atoms with E-state index in [1.165, 1.54) is 0 Å². The Morgan fingerprint density at radius 2 is 1.75 bits per heavy atom. The lowest BCUT2D eigenvalue weighted by Crippen LogP contribution is -2.44. The number of urea groups is 1. The van der Waals surface area contributed by atoms with Gasteiger partial charge in [-0.1, -0.05) is 30.7 Å². The van der Waals surface area contributed by atoms with Crippen molar-refractivity contribution in [3.05, 3.63) is 64.7 Å². The Balaban J connectivity index is 1.90. The predicted molar refractivity (Wildman–Crippen MR) is 115 cm³/mol. The van der Waals surface area contributed by atoms with Gasteiger partial charge < -0.3 is 10.1 Å². The molecule has 0 spiro atoms. The number of amides is 2. The van der Waals surface area contributed by atoms with Crippen molar-refractivity contribution in [1.29, 1.82) is 0 Å². The third-order valence-corrected chi connectivity index (χ3v) is 5.43. The molecule has 1 heterocycles. The number of anilines is 1. The number of nitrogens with zero attached hydrogens (tertiary/aromatic N) is 2. The first kappa shape index (κ1) is 23.6. The number of carbonyl (C=O) groups excluding carboxylic acids is 2. The van der Waals surface area contributed by atoms with Gasteiger partial charge >= 0.3 is 18.2 Å². The van der Waals surface area contributed by atoms with Crippen LogP contribution in [0.3, 0.4) is 0 Å². The topological polar surface area (TPSA) is 71.0 Å². The van der Waals surface area contributed by atoms with Gasteiger partial charge in [0.1, 0.15) is 5.41 Å². The van der Waals surface area contributed by atoms with Crippen LogP contribution in [0.1, 0.15) is 31.4 Å². The van der Waals surface area contributed by atoms with Crippen molar-refractivity contribution in [1.82, 2.24) is 5.01 Å². The minimum Gasteiger partial charge on any atom is -0.465 e. The zero-order valence-electron chi connectivity index (χ0n) is 17.4. The van der Waals surface area contributed by atoms with E-state index in [-0.39, 0.29) is 18.8 Å². The standard InChI is InChI=1S/C22H21ClF3N3O3/c1-3-21(19(30)32-4-2)13-29(28-18(21)14-5-9-16(23)10-6-14)20(31)27-17-11-7-15(8-12-17)22(24,25)26/h5-12H,3-4,13H2,1-2H3,(H,27,31). The largest absolute Gasteiger partial charge is 0.465 e. The van der Waals surface area contributed by atoms with E-state index in [1.54, 1.807) is 38.1 Å². The third kappa shape index (κ3) is 4.72. The minimum atomic E-state index is -4.48. The van der Waals surface area contributed by atoms with Gasteiger partial charge in [0.15, 0.2) is 0 Å². The summed E-state index contributed by atoms with van der Waals surface area (Å²) >= 11 is 5.97. The van der Waals surface area contributed by atoms with Crippen molar-refractivity contribution in [3.8, 4) is 0 Å². The molecule has 2 aromatic carbocycles. The molecule has 1 unspecified atom stereocenters. The van der Waals surface area contributed by atoms with Crippen LogP contribution in [0.4, 0.5) is 23.7 Å². The summed E-state index contributed by atoms with van der Waals surface area (Å²) in [4.78, 5) is 25.7. The van der Waals surface area contributed by atoms with Gasteiger partial charge in [-0.25, -0.2) is 9.80 Å². The number of nitrogens with one attached hydrogen (secondary N) is 1. The predicted octanol–water partition coefficient (Wildman–Crippen LogP) is 5.57. The molecule has 1 aliphatic rings. The molecule has 10 heteroatoms. The molecule has 32 heavy (non-hydrogen) atoms. The van der Waals surface area contributed by atoms with Crippen LogP contribution in [0.5, 0.6) is 0 Å². The van der Waals surface area contributed by atoms with Crippen molar-refractivity contribution in [2.24, 2.45) is 10.5 Å². The fourth-order valence-corrected chi connectivity index (χ4v) is 3.55. The number of carbonyl (C=O) groups is 2. The first-order chi connectivity index (χ1) is 15.1. The summed E-state index contributed by atoms with van der Waals surface area (Å²) in [5.41, 5.74) is -0.892. The first-order valence-corrected chi connectivity index (χ1v) is 10.3. The van der Waals surface area contributed by atoms with Crippen LogP contribution in [0.2, 0.25) is 5.02 Å². The highest BCUT2D eigenvalue weighted by molar-refractivity contribution is 6.30. The smallest absolute Gasteiger partial charge is 0.416 e. The highest BCUT2D eigenvalue weighted by atomic mass is 35.5. The van der Waals surface area contributed by atoms with E-state index in [4.69, 9.17) is 16.3 Å². The summed E-state index contributed by atoms with van der Waals surface area (Å²) < 4.78 is 43.5. The minimum absolute atomic E-state index is 0.0766. The molecular formula is C22H21ClF3N3O3. The fraction of sp³-hybridized carbons (Fsp3) is 0.318. The Kier molecular flexibility index (Phi) is 6.78. The quantitative estimate of drug-likeness (QED) is 0.584. The van der Waals surface area contributed by atoms with Crippen LogP contribution in [-0.4, -0.2) is 35.9 Å². The molecule has 0 radical (unpaired) electrons. The van der Waals surface area contributed by atoms with Gasteiger partial charge in [0, 0.05) is 10.7 Å². The van der Waals surface area contributed by atoms with Gasteiger partial charge in [-0.15, -0.1) is 0 Å². The van der Waals surface area contributed by atoms with E-state index in [0.717, 1.165) is 29.3 Å². The lowest BCUT2D eigenvalue weighted by atomic mass is 9.78. The van der Waals surface area contributed by atoms with Crippen LogP contribution < -0.4 is 5.32 Å². The Bertz CT molecular complexity index is 1020. The van der Waals surface area contributed by atoms with Gasteiger partial charge in [0.2, 0.25) is 0 Å². The third-order valence-electron chi connectivity index (χ3n) is 5.18. The Morgan fingerprint density at radius 3 is 2.28 bits per heavy atom. The van der Waals surface area contributed by atoms with Gasteiger partial charge in [0.25, 0.3) is 0 Å². The van der Waals surface area contributed by atoms with Crippen LogP contribution in [0, 0.1) is 5.41 Å². The van der Waals surface area contributed by atoms with E-state index in [9.17, 15) is 22.8 Å². The number of hydrazone groups is 1. The van der Waals surface area contributed by atoms with Crippen molar-refractivity contribution in [2.75, 3.05) is 18.5 Å². The van der Waals surface area contributed by atoms with Gasteiger partial charge in [-0.3, -0.25) is 4.79 Å². The second-order valence-electron chi connectivity index (χ2n) is 7.17. The van der Waals surface area contributed by atoms with E-state index in [2.05, 4.69) is 10.4 Å². The molecule has 1 atom stereocenters. The van der Waals surface area contributed by atoms with Crippen molar-refractivity contribution >= 4 is 35.0 Å². The summed E-state index contributed by atoms with van der Waals surface area (Å²) in [6, 6.07) is 10.1. The molecule has 1 N–H and O–H groups in total. The molecule has 0 fully saturated rings. The molecule has 170 valence electrons. The lowest BCUT2D eigenvalue weighted by molar-refractivity contribution is -0.151. The van der Waals surface area contributed by atoms with Gasteiger partial charge in [0.05, 0.1) is 24.4 Å². The molecule has 2 aromatic rings. The number of halogens is 4. The highest BCUT2D eigenvalue weighted by Crippen LogP contribution is 2.37. The summed E-state index contributed by atoms with van der Waals surface area (Å²) in [7, 11) is 0. The van der Waals surface area contributed by atoms with Gasteiger partial charge in [-0.2, -0.15) is 18.3 Å². The monoisotopic (exact) mass is 467 g/mol. The molecule has 2 amide bonds. The second-order valence-corrected chi connectivity index (χ2v) is 7.61. The average Bonchev–Trinajstić information content (AvgIpc) is 3.15. The van der Waals surface area contributed by atoms with Crippen LogP contribution in [0.15, 0.2) is 53.6 Å². The maximum atomic E-state index is 12.9. The zero-order chi connectivity index (χ0) is 23.5. The Morgan fingerprint density at radius 1 is 1.12 bits per heavy atom. The molecular weight excluding hydrogens is 447 g/mol. The number of benzene rings is 2. The summed E-state index contributed by atoms with van der Waals surface area (Å²) in [6.45, 7) is 3.56. The summed E-state index contributed by atoms with van der Waals surface area (Å²) in [5, 5.41) is 8.49. The molecule has 1 aliphatic heterocycles. The molecule has 6 nitrogen and oxygen atoms in total. The summed E-state index contributed by atoms with van der Waals surface area (Å²) in [5.74, 6) is -0.513. The van der Waals surface area contributed by atoms with Gasteiger partial charge in [-0.05, 0) is 55.3 Å². The van der Waals surface area contributed by atoms with E-state index < -0.39 is 29.2 Å². The molecule has 3 rings (SSSR count). The van der Waals surface area contributed by atoms with E-state index in [1.807, 2.05) is 0 Å². The Labute approximate surface area is 188 Å². The Hall–Kier alpha value is -3.07. The maximum Gasteiger partial charge on any atom is 0.416 e. The summed E-state index contributed by atoms with van der Waals surface area (Å²) in [6.07, 6.45) is -4.16. The lowest BCUT2D eigenvalue weighted by Gasteiger charge is -2.27. The molecule has 0 bridgehead atoms. The number of esters is 1. The SMILES string of the molecule is CCOC(=O)C1(CC)CN(C(=O)Nc2ccc(C(F)(F)F)cc2)N=C1c1ccc(Cl)cc1. The van der Waals surface area contributed by atoms with Crippen molar-refractivity contribution in [2.45, 2.75) is 26.4 Å². The number of hydrogen-bond donors (Lipinski definition) is 1. The number of rotatable bonds is 5. The van der Waals surface area contributed by atoms with Crippen LogP contribution in [0.25, 0.3) is 0 Å². The molecule has 0 saturated heterocycles. The second kappa shape index (κ2) is 9.20. The number of ether oxygens (including phenoxy) is 1. The normalized spacial score (nSPS) is 18.3. The van der Waals surface area contributed by atoms with Crippen molar-refractivity contribution in [3.63, 3.8) is 0 Å². The first-order valence-electron chi connectivity index (χ1n) is 9.88. The molecule has 0 saturated carbocycles. The highest BCUT2D eigenvalue weighted by Gasteiger charge is 2.51. The number of hydrogen-bond acceptors (Lipinski definition) is 4.